The van der Waals surface area contributed by atoms with Crippen molar-refractivity contribution in [1.82, 2.24) is 14.9 Å². The van der Waals surface area contributed by atoms with Gasteiger partial charge in [-0.25, -0.2) is 4.98 Å². The number of hydrogen-bond donors (Lipinski definition) is 1. The standard InChI is InChI=1S/C15H19N3O3S/c1-10(2)16-13(19)8-18-12-7-5-4-6-11(12)17-15(18)22-9-14(20)21-3/h4-7,10H,8-9H2,1-3H3,(H,16,19). The van der Waals surface area contributed by atoms with Gasteiger partial charge in [0, 0.05) is 6.04 Å². The maximum Gasteiger partial charge on any atom is 0.316 e. The summed E-state index contributed by atoms with van der Waals surface area (Å²) >= 11 is 1.26. The van der Waals surface area contributed by atoms with Crippen molar-refractivity contribution in [2.75, 3.05) is 12.9 Å². The Bertz CT molecular complexity index is 682. The summed E-state index contributed by atoms with van der Waals surface area (Å²) in [6.07, 6.45) is 0. The van der Waals surface area contributed by atoms with E-state index < -0.39 is 0 Å². The molecule has 22 heavy (non-hydrogen) atoms. The number of aromatic nitrogens is 2. The number of rotatable bonds is 6. The Kier molecular flexibility index (Phi) is 5.43. The monoisotopic (exact) mass is 321 g/mol. The second-order valence-electron chi connectivity index (χ2n) is 5.06. The van der Waals surface area contributed by atoms with Crippen LogP contribution < -0.4 is 5.32 Å². The molecule has 0 saturated carbocycles. The minimum absolute atomic E-state index is 0.0773. The number of hydrogen-bond acceptors (Lipinski definition) is 5. The summed E-state index contributed by atoms with van der Waals surface area (Å²) in [5.41, 5.74) is 1.67. The highest BCUT2D eigenvalue weighted by molar-refractivity contribution is 7.99. The first-order chi connectivity index (χ1) is 10.5. The number of fused-ring (bicyclic) bond motifs is 1. The second-order valence-corrected chi connectivity index (χ2v) is 6.00. The number of thioether (sulfide) groups is 1. The minimum Gasteiger partial charge on any atom is -0.468 e. The molecule has 118 valence electrons. The third-order valence-electron chi connectivity index (χ3n) is 2.92. The number of nitrogens with zero attached hydrogens (tertiary/aromatic N) is 2. The van der Waals surface area contributed by atoms with Crippen molar-refractivity contribution in [3.63, 3.8) is 0 Å². The molecule has 0 radical (unpaired) electrons. The van der Waals surface area contributed by atoms with Crippen molar-refractivity contribution in [3.8, 4) is 0 Å². The molecular weight excluding hydrogens is 302 g/mol. The molecule has 0 unspecified atom stereocenters. The van der Waals surface area contributed by atoms with Crippen LogP contribution in [0.3, 0.4) is 0 Å². The Balaban J connectivity index is 2.27. The topological polar surface area (TPSA) is 73.2 Å². The average molecular weight is 321 g/mol. The lowest BCUT2D eigenvalue weighted by Crippen LogP contribution is -2.33. The Morgan fingerprint density at radius 3 is 2.77 bits per heavy atom. The zero-order valence-corrected chi connectivity index (χ0v) is 13.6. The molecule has 2 aromatic rings. The van der Waals surface area contributed by atoms with Crippen LogP contribution in [-0.2, 0) is 20.9 Å². The molecule has 1 heterocycles. The summed E-state index contributed by atoms with van der Waals surface area (Å²) < 4.78 is 6.46. The highest BCUT2D eigenvalue weighted by Gasteiger charge is 2.15. The van der Waals surface area contributed by atoms with Crippen LogP contribution >= 0.6 is 11.8 Å². The Morgan fingerprint density at radius 1 is 1.36 bits per heavy atom. The van der Waals surface area contributed by atoms with E-state index in [1.807, 2.05) is 42.7 Å². The van der Waals surface area contributed by atoms with Crippen LogP contribution in [-0.4, -0.2) is 40.3 Å². The molecule has 0 aliphatic rings. The van der Waals surface area contributed by atoms with E-state index in [0.29, 0.717) is 5.16 Å². The number of carbonyl (C=O) groups excluding carboxylic acids is 2. The van der Waals surface area contributed by atoms with E-state index in [4.69, 9.17) is 0 Å². The fraction of sp³-hybridized carbons (Fsp3) is 0.400. The summed E-state index contributed by atoms with van der Waals surface area (Å²) in [6.45, 7) is 4.00. The molecular formula is C15H19N3O3S. The van der Waals surface area contributed by atoms with E-state index in [-0.39, 0.29) is 30.2 Å². The third-order valence-corrected chi connectivity index (χ3v) is 3.87. The molecule has 0 aliphatic carbocycles. The summed E-state index contributed by atoms with van der Waals surface area (Å²) in [5.74, 6) is -0.251. The number of imidazole rings is 1. The molecule has 1 N–H and O–H groups in total. The lowest BCUT2D eigenvalue weighted by molar-refractivity contribution is -0.137. The van der Waals surface area contributed by atoms with Crippen LogP contribution in [0.4, 0.5) is 0 Å². The quantitative estimate of drug-likeness (QED) is 0.649. The van der Waals surface area contributed by atoms with Gasteiger partial charge in [-0.15, -0.1) is 0 Å². The number of amides is 1. The number of esters is 1. The van der Waals surface area contributed by atoms with E-state index >= 15 is 0 Å². The van der Waals surface area contributed by atoms with Crippen molar-refractivity contribution in [3.05, 3.63) is 24.3 Å². The number of benzene rings is 1. The first-order valence-corrected chi connectivity index (χ1v) is 7.94. The predicted molar refractivity (Wildman–Crippen MR) is 85.8 cm³/mol. The zero-order chi connectivity index (χ0) is 16.1. The van der Waals surface area contributed by atoms with E-state index in [2.05, 4.69) is 15.0 Å². The van der Waals surface area contributed by atoms with E-state index in [1.165, 1.54) is 18.9 Å². The third kappa shape index (κ3) is 4.00. The van der Waals surface area contributed by atoms with Gasteiger partial charge in [-0.05, 0) is 26.0 Å². The van der Waals surface area contributed by atoms with Crippen molar-refractivity contribution in [1.29, 1.82) is 0 Å². The molecule has 6 nitrogen and oxygen atoms in total. The number of ether oxygens (including phenoxy) is 1. The molecule has 0 fully saturated rings. The number of nitrogens with one attached hydrogen (secondary N) is 1. The smallest absolute Gasteiger partial charge is 0.316 e. The van der Waals surface area contributed by atoms with Crippen molar-refractivity contribution in [2.45, 2.75) is 31.6 Å². The molecule has 7 heteroatoms. The number of carbonyl (C=O) groups is 2. The molecule has 2 rings (SSSR count). The van der Waals surface area contributed by atoms with Crippen molar-refractivity contribution in [2.24, 2.45) is 0 Å². The van der Waals surface area contributed by atoms with Crippen molar-refractivity contribution < 1.29 is 14.3 Å². The average Bonchev–Trinajstić information content (AvgIpc) is 2.82. The van der Waals surface area contributed by atoms with Gasteiger partial charge in [0.05, 0.1) is 23.9 Å². The molecule has 0 saturated heterocycles. The van der Waals surface area contributed by atoms with E-state index in [1.54, 1.807) is 0 Å². The molecule has 0 atom stereocenters. The van der Waals surface area contributed by atoms with Gasteiger partial charge in [0.2, 0.25) is 5.91 Å². The maximum absolute atomic E-state index is 12.1. The van der Waals surface area contributed by atoms with E-state index in [9.17, 15) is 9.59 Å². The summed E-state index contributed by atoms with van der Waals surface area (Å²) in [5, 5.41) is 3.49. The SMILES string of the molecule is COC(=O)CSc1nc2ccccc2n1CC(=O)NC(C)C. The second kappa shape index (κ2) is 7.31. The number of para-hydroxylation sites is 2. The van der Waals surface area contributed by atoms with Crippen LogP contribution in [0.2, 0.25) is 0 Å². The van der Waals surface area contributed by atoms with Gasteiger partial charge in [-0.1, -0.05) is 23.9 Å². The van der Waals surface area contributed by atoms with Gasteiger partial charge in [-0.3, -0.25) is 9.59 Å². The van der Waals surface area contributed by atoms with E-state index in [0.717, 1.165) is 11.0 Å². The summed E-state index contributed by atoms with van der Waals surface area (Å²) in [4.78, 5) is 27.9. The Labute approximate surface area is 133 Å². The lowest BCUT2D eigenvalue weighted by Gasteiger charge is -2.11. The molecule has 1 amide bonds. The van der Waals surface area contributed by atoms with Gasteiger partial charge in [-0.2, -0.15) is 0 Å². The molecule has 0 bridgehead atoms. The summed E-state index contributed by atoms with van der Waals surface area (Å²) in [7, 11) is 1.35. The molecule has 1 aromatic carbocycles. The minimum atomic E-state index is -0.324. The lowest BCUT2D eigenvalue weighted by atomic mass is 10.3. The zero-order valence-electron chi connectivity index (χ0n) is 12.8. The van der Waals surface area contributed by atoms with Crippen LogP contribution in [0.15, 0.2) is 29.4 Å². The van der Waals surface area contributed by atoms with Crippen LogP contribution in [0.1, 0.15) is 13.8 Å². The highest BCUT2D eigenvalue weighted by atomic mass is 32.2. The number of methoxy groups -OCH3 is 1. The van der Waals surface area contributed by atoms with Gasteiger partial charge < -0.3 is 14.6 Å². The largest absolute Gasteiger partial charge is 0.468 e. The normalized spacial score (nSPS) is 10.9. The summed E-state index contributed by atoms with van der Waals surface area (Å²) in [6, 6.07) is 7.66. The fourth-order valence-corrected chi connectivity index (χ4v) is 2.86. The predicted octanol–water partition coefficient (Wildman–Crippen LogP) is 1.83. The van der Waals surface area contributed by atoms with Gasteiger partial charge in [0.1, 0.15) is 6.54 Å². The Hall–Kier alpha value is -2.02. The first kappa shape index (κ1) is 16.4. The van der Waals surface area contributed by atoms with Gasteiger partial charge >= 0.3 is 5.97 Å². The van der Waals surface area contributed by atoms with Crippen LogP contribution in [0.5, 0.6) is 0 Å². The maximum atomic E-state index is 12.1. The highest BCUT2D eigenvalue weighted by Crippen LogP contribution is 2.24. The first-order valence-electron chi connectivity index (χ1n) is 6.95. The fourth-order valence-electron chi connectivity index (χ4n) is 2.01. The van der Waals surface area contributed by atoms with Crippen LogP contribution in [0.25, 0.3) is 11.0 Å². The molecule has 0 aliphatic heterocycles. The van der Waals surface area contributed by atoms with Crippen molar-refractivity contribution >= 4 is 34.7 Å². The molecule has 1 aromatic heterocycles. The van der Waals surface area contributed by atoms with Gasteiger partial charge in [0.25, 0.3) is 0 Å². The Morgan fingerprint density at radius 2 is 2.09 bits per heavy atom. The van der Waals surface area contributed by atoms with Crippen LogP contribution in [0, 0.1) is 0 Å². The molecule has 0 spiro atoms. The van der Waals surface area contributed by atoms with Gasteiger partial charge in [0.15, 0.2) is 5.16 Å².